The summed E-state index contributed by atoms with van der Waals surface area (Å²) in [4.78, 5) is 17.5. The van der Waals surface area contributed by atoms with Crippen molar-refractivity contribution in [2.45, 2.75) is 32.4 Å². The Kier molecular flexibility index (Phi) is 6.20. The number of aromatic amines is 1. The molecule has 0 spiro atoms. The third-order valence-corrected chi connectivity index (χ3v) is 5.99. The van der Waals surface area contributed by atoms with E-state index in [1.807, 2.05) is 6.07 Å². The van der Waals surface area contributed by atoms with Gasteiger partial charge in [-0.05, 0) is 85.1 Å². The van der Waals surface area contributed by atoms with Gasteiger partial charge in [-0.2, -0.15) is 13.2 Å². The molecule has 0 saturated carbocycles. The van der Waals surface area contributed by atoms with Crippen LogP contribution in [0.3, 0.4) is 0 Å². The number of halogens is 4. The van der Waals surface area contributed by atoms with Crippen molar-refractivity contribution in [3.8, 4) is 0 Å². The maximum Gasteiger partial charge on any atom is 0.416 e. The van der Waals surface area contributed by atoms with Gasteiger partial charge in [0.1, 0.15) is 5.82 Å². The molecule has 32 heavy (non-hydrogen) atoms. The predicted molar refractivity (Wildman–Crippen MR) is 118 cm³/mol. The quantitative estimate of drug-likeness (QED) is 0.511. The van der Waals surface area contributed by atoms with E-state index in [-0.39, 0.29) is 5.56 Å². The van der Waals surface area contributed by atoms with Gasteiger partial charge in [0.15, 0.2) is 0 Å². The molecule has 0 radical (unpaired) electrons. The Bertz CT molecular complexity index is 1210. The molecule has 0 atom stereocenters. The first-order valence-electron chi connectivity index (χ1n) is 10.6. The molecule has 0 fully saturated rings. The molecule has 0 bridgehead atoms. The zero-order valence-electron chi connectivity index (χ0n) is 17.7. The molecule has 168 valence electrons. The number of hydrogen-bond acceptors (Lipinski definition) is 2. The fraction of sp³-hybridized carbons (Fsp3) is 0.320. The number of hydrogen-bond donors (Lipinski definition) is 1. The van der Waals surface area contributed by atoms with Gasteiger partial charge in [-0.1, -0.05) is 18.2 Å². The summed E-state index contributed by atoms with van der Waals surface area (Å²) in [6, 6.07) is 9.94. The van der Waals surface area contributed by atoms with Crippen molar-refractivity contribution in [2.75, 3.05) is 19.6 Å². The van der Waals surface area contributed by atoms with Crippen molar-refractivity contribution in [3.63, 3.8) is 0 Å². The van der Waals surface area contributed by atoms with Gasteiger partial charge in [-0.15, -0.1) is 0 Å². The summed E-state index contributed by atoms with van der Waals surface area (Å²) in [5, 5.41) is 1.13. The highest BCUT2D eigenvalue weighted by Crippen LogP contribution is 2.31. The van der Waals surface area contributed by atoms with Crippen LogP contribution in [0.1, 0.15) is 35.2 Å². The summed E-state index contributed by atoms with van der Waals surface area (Å²) < 4.78 is 51.8. The van der Waals surface area contributed by atoms with Gasteiger partial charge in [0.05, 0.1) is 10.9 Å². The number of aromatic nitrogens is 1. The average Bonchev–Trinajstić information content (AvgIpc) is 2.75. The summed E-state index contributed by atoms with van der Waals surface area (Å²) in [6.45, 7) is 4.21. The zero-order valence-corrected chi connectivity index (χ0v) is 17.7. The molecule has 2 aromatic carbocycles. The molecule has 3 nitrogen and oxygen atoms in total. The summed E-state index contributed by atoms with van der Waals surface area (Å²) in [6.07, 6.45) is 0.0877. The number of alkyl halides is 3. The van der Waals surface area contributed by atoms with Crippen LogP contribution in [0.4, 0.5) is 17.6 Å². The third-order valence-electron chi connectivity index (χ3n) is 5.99. The minimum absolute atomic E-state index is 0.276. The van der Waals surface area contributed by atoms with Gasteiger partial charge in [0.2, 0.25) is 0 Å². The summed E-state index contributed by atoms with van der Waals surface area (Å²) >= 11 is 0. The third kappa shape index (κ3) is 4.93. The first-order valence-corrected chi connectivity index (χ1v) is 10.6. The number of aryl methyl sites for hydroxylation is 2. The second kappa shape index (κ2) is 8.90. The number of benzene rings is 2. The number of nitrogens with one attached hydrogen (secondary N) is 1. The topological polar surface area (TPSA) is 36.1 Å². The number of rotatable bonds is 5. The predicted octanol–water partition coefficient (Wildman–Crippen LogP) is 5.72. The maximum atomic E-state index is 13.6. The van der Waals surface area contributed by atoms with Gasteiger partial charge in [-0.25, -0.2) is 4.39 Å². The monoisotopic (exact) mass is 444 g/mol. The lowest BCUT2D eigenvalue weighted by atomic mass is 9.98. The van der Waals surface area contributed by atoms with Crippen molar-refractivity contribution in [2.24, 2.45) is 0 Å². The molecule has 0 amide bonds. The van der Waals surface area contributed by atoms with E-state index in [1.54, 1.807) is 6.92 Å². The summed E-state index contributed by atoms with van der Waals surface area (Å²) in [7, 11) is 0. The van der Waals surface area contributed by atoms with E-state index in [1.165, 1.54) is 24.3 Å². The van der Waals surface area contributed by atoms with E-state index in [4.69, 9.17) is 0 Å². The van der Waals surface area contributed by atoms with E-state index in [0.717, 1.165) is 72.4 Å². The molecule has 1 aromatic heterocycles. The summed E-state index contributed by atoms with van der Waals surface area (Å²) in [5.41, 5.74) is 2.56. The Morgan fingerprint density at radius 1 is 1.06 bits per heavy atom. The van der Waals surface area contributed by atoms with E-state index < -0.39 is 17.6 Å². The van der Waals surface area contributed by atoms with Gasteiger partial charge >= 0.3 is 6.18 Å². The highest BCUT2D eigenvalue weighted by Gasteiger charge is 2.30. The standard InChI is InChI=1S/C25H24F4N2O/c1-16-13-20(26)14-23-22(16)15-21(30-24(23)32)3-2-10-31-11-8-18(9-12-31)17-4-6-19(7-5-17)25(27,28)29/h4-8,13-15H,2-3,9-12H2,1H3,(H,30,32). The Hall–Kier alpha value is -2.93. The van der Waals surface area contributed by atoms with E-state index in [0.29, 0.717) is 11.8 Å². The van der Waals surface area contributed by atoms with Crippen LogP contribution in [0, 0.1) is 12.7 Å². The van der Waals surface area contributed by atoms with E-state index in [2.05, 4.69) is 16.0 Å². The second-order valence-electron chi connectivity index (χ2n) is 8.27. The molecule has 1 N–H and O–H groups in total. The van der Waals surface area contributed by atoms with Crippen molar-refractivity contribution in [1.82, 2.24) is 9.88 Å². The first-order chi connectivity index (χ1) is 15.2. The van der Waals surface area contributed by atoms with Gasteiger partial charge in [0, 0.05) is 18.8 Å². The maximum absolute atomic E-state index is 13.6. The molecule has 7 heteroatoms. The van der Waals surface area contributed by atoms with Crippen LogP contribution in [-0.4, -0.2) is 29.5 Å². The van der Waals surface area contributed by atoms with Crippen LogP contribution in [0.15, 0.2) is 53.3 Å². The Morgan fingerprint density at radius 2 is 1.81 bits per heavy atom. The Labute approximate surface area is 183 Å². The smallest absolute Gasteiger partial charge is 0.326 e. The highest BCUT2D eigenvalue weighted by atomic mass is 19.4. The molecule has 1 aliphatic rings. The lowest BCUT2D eigenvalue weighted by Crippen LogP contribution is -2.29. The fourth-order valence-corrected chi connectivity index (χ4v) is 4.23. The largest absolute Gasteiger partial charge is 0.416 e. The van der Waals surface area contributed by atoms with Crippen LogP contribution < -0.4 is 5.56 Å². The lowest BCUT2D eigenvalue weighted by molar-refractivity contribution is -0.137. The minimum atomic E-state index is -4.32. The van der Waals surface area contributed by atoms with Crippen LogP contribution in [-0.2, 0) is 12.6 Å². The Morgan fingerprint density at radius 3 is 2.47 bits per heavy atom. The zero-order chi connectivity index (χ0) is 22.9. The summed E-state index contributed by atoms with van der Waals surface area (Å²) in [5.74, 6) is -0.415. The average molecular weight is 444 g/mol. The van der Waals surface area contributed by atoms with E-state index >= 15 is 0 Å². The van der Waals surface area contributed by atoms with Crippen LogP contribution in [0.5, 0.6) is 0 Å². The number of nitrogens with zero attached hydrogens (tertiary/aromatic N) is 1. The van der Waals surface area contributed by atoms with Gasteiger partial charge < -0.3 is 4.98 Å². The molecule has 0 saturated heterocycles. The molecule has 1 aliphatic heterocycles. The SMILES string of the molecule is Cc1cc(F)cc2c(=O)[nH]c(CCCN3CC=C(c4ccc(C(F)(F)F)cc4)CC3)cc12. The van der Waals surface area contributed by atoms with Crippen LogP contribution in [0.25, 0.3) is 16.3 Å². The molecular formula is C25H24F4N2O. The fourth-order valence-electron chi connectivity index (χ4n) is 4.23. The molecule has 4 rings (SSSR count). The van der Waals surface area contributed by atoms with Gasteiger partial charge in [-0.3, -0.25) is 9.69 Å². The van der Waals surface area contributed by atoms with Crippen LogP contribution >= 0.6 is 0 Å². The molecule has 2 heterocycles. The van der Waals surface area contributed by atoms with Crippen molar-refractivity contribution in [3.05, 3.63) is 87.1 Å². The Balaban J connectivity index is 1.34. The van der Waals surface area contributed by atoms with Crippen molar-refractivity contribution >= 4 is 16.3 Å². The highest BCUT2D eigenvalue weighted by molar-refractivity contribution is 5.85. The number of pyridine rings is 1. The normalized spacial score (nSPS) is 15.2. The number of fused-ring (bicyclic) bond motifs is 1. The molecule has 3 aromatic rings. The molecule has 0 unspecified atom stereocenters. The van der Waals surface area contributed by atoms with Crippen LogP contribution in [0.2, 0.25) is 0 Å². The first kappa shape index (κ1) is 22.3. The van der Waals surface area contributed by atoms with Crippen molar-refractivity contribution < 1.29 is 17.6 Å². The minimum Gasteiger partial charge on any atom is -0.326 e. The van der Waals surface area contributed by atoms with Gasteiger partial charge in [0.25, 0.3) is 5.56 Å². The van der Waals surface area contributed by atoms with E-state index in [9.17, 15) is 22.4 Å². The molecular weight excluding hydrogens is 420 g/mol. The van der Waals surface area contributed by atoms with Crippen molar-refractivity contribution in [1.29, 1.82) is 0 Å². The lowest BCUT2D eigenvalue weighted by Gasteiger charge is -2.26. The number of H-pyrrole nitrogens is 1. The molecule has 0 aliphatic carbocycles. The second-order valence-corrected chi connectivity index (χ2v) is 8.27.